The van der Waals surface area contributed by atoms with Crippen molar-refractivity contribution in [2.75, 3.05) is 57.4 Å². The van der Waals surface area contributed by atoms with Crippen molar-refractivity contribution in [2.45, 2.75) is 31.2 Å². The van der Waals surface area contributed by atoms with Gasteiger partial charge in [0.15, 0.2) is 5.96 Å². The van der Waals surface area contributed by atoms with Crippen molar-refractivity contribution in [1.82, 2.24) is 9.80 Å². The molecule has 3 fully saturated rings. The van der Waals surface area contributed by atoms with E-state index in [4.69, 9.17) is 15.5 Å². The normalized spacial score (nSPS) is 26.7. The summed E-state index contributed by atoms with van der Waals surface area (Å²) in [5.41, 5.74) is 6.50. The average molecular weight is 440 g/mol. The minimum Gasteiger partial charge on any atom is -0.378 e. The minimum atomic E-state index is 0. The van der Waals surface area contributed by atoms with Crippen LogP contribution in [0.1, 0.15) is 25.7 Å². The second-order valence-corrected chi connectivity index (χ2v) is 7.53. The maximum atomic E-state index is 6.21. The fourth-order valence-corrected chi connectivity index (χ4v) is 4.67. The summed E-state index contributed by atoms with van der Waals surface area (Å²) in [5, 5.41) is 0. The number of nitrogens with two attached hydrogens (primary N) is 1. The van der Waals surface area contributed by atoms with Gasteiger partial charge in [-0.25, -0.2) is 0 Å². The van der Waals surface area contributed by atoms with Gasteiger partial charge in [0.25, 0.3) is 0 Å². The first-order valence-electron chi connectivity index (χ1n) is 8.26. The van der Waals surface area contributed by atoms with Gasteiger partial charge in [0.1, 0.15) is 0 Å². The number of ether oxygens (including phenoxy) is 1. The molecule has 0 spiro atoms. The Bertz CT molecular complexity index is 365. The maximum absolute atomic E-state index is 6.21. The van der Waals surface area contributed by atoms with Crippen molar-refractivity contribution in [3.8, 4) is 0 Å². The van der Waals surface area contributed by atoms with E-state index < -0.39 is 0 Å². The van der Waals surface area contributed by atoms with Crippen LogP contribution >= 0.6 is 35.7 Å². The molecule has 0 amide bonds. The lowest BCUT2D eigenvalue weighted by Gasteiger charge is -2.42. The van der Waals surface area contributed by atoms with E-state index in [2.05, 4.69) is 21.6 Å². The summed E-state index contributed by atoms with van der Waals surface area (Å²) in [7, 11) is 0. The van der Waals surface area contributed by atoms with Crippen molar-refractivity contribution in [3.63, 3.8) is 0 Å². The fourth-order valence-electron chi connectivity index (χ4n) is 3.77. The van der Waals surface area contributed by atoms with Gasteiger partial charge in [0.2, 0.25) is 0 Å². The molecule has 7 heteroatoms. The predicted octanol–water partition coefficient (Wildman–Crippen LogP) is 1.61. The van der Waals surface area contributed by atoms with Crippen LogP contribution < -0.4 is 5.73 Å². The first-order chi connectivity index (χ1) is 10.3. The number of thioether (sulfide) groups is 1. The Balaban J connectivity index is 0.00000176. The number of rotatable bonds is 3. The highest BCUT2D eigenvalue weighted by Gasteiger charge is 2.39. The number of aliphatic imine (C=N–C) groups is 1. The first kappa shape index (κ1) is 18.6. The highest BCUT2D eigenvalue weighted by molar-refractivity contribution is 14.0. The van der Waals surface area contributed by atoms with Gasteiger partial charge in [-0.1, -0.05) is 12.8 Å². The summed E-state index contributed by atoms with van der Waals surface area (Å²) < 4.78 is 5.38. The van der Waals surface area contributed by atoms with Gasteiger partial charge in [-0.3, -0.25) is 9.89 Å². The van der Waals surface area contributed by atoms with Gasteiger partial charge in [-0.15, -0.1) is 24.0 Å². The second-order valence-electron chi connectivity index (χ2n) is 6.30. The number of morpholine rings is 1. The summed E-state index contributed by atoms with van der Waals surface area (Å²) in [6, 6.07) is 0. The summed E-state index contributed by atoms with van der Waals surface area (Å²) in [6.45, 7) is 6.61. The Morgan fingerprint density at radius 1 is 1.09 bits per heavy atom. The van der Waals surface area contributed by atoms with Crippen molar-refractivity contribution < 1.29 is 4.74 Å². The third-order valence-electron chi connectivity index (χ3n) is 5.09. The lowest BCUT2D eigenvalue weighted by Crippen LogP contribution is -2.53. The molecule has 1 saturated carbocycles. The zero-order valence-electron chi connectivity index (χ0n) is 13.3. The molecule has 22 heavy (non-hydrogen) atoms. The lowest BCUT2D eigenvalue weighted by molar-refractivity contribution is 0.0668. The molecule has 0 aromatic heterocycles. The van der Waals surface area contributed by atoms with Crippen molar-refractivity contribution in [1.29, 1.82) is 0 Å². The van der Waals surface area contributed by atoms with Gasteiger partial charge >= 0.3 is 0 Å². The van der Waals surface area contributed by atoms with Crippen LogP contribution in [-0.4, -0.2) is 78.7 Å². The molecule has 3 aliphatic rings. The molecular formula is C15H29IN4OS. The van der Waals surface area contributed by atoms with Gasteiger partial charge in [0, 0.05) is 43.2 Å². The van der Waals surface area contributed by atoms with E-state index in [0.717, 1.165) is 38.8 Å². The van der Waals surface area contributed by atoms with E-state index in [1.54, 1.807) is 0 Å². The van der Waals surface area contributed by atoms with Crippen LogP contribution in [0.5, 0.6) is 0 Å². The topological polar surface area (TPSA) is 54.1 Å². The minimum absolute atomic E-state index is 0. The quantitative estimate of drug-likeness (QED) is 0.411. The Kier molecular flexibility index (Phi) is 7.56. The summed E-state index contributed by atoms with van der Waals surface area (Å²) >= 11 is 2.08. The fraction of sp³-hybridized carbons (Fsp3) is 0.933. The second kappa shape index (κ2) is 8.94. The molecule has 0 bridgehead atoms. The van der Waals surface area contributed by atoms with Gasteiger partial charge < -0.3 is 15.4 Å². The zero-order chi connectivity index (χ0) is 14.5. The number of hydrogen-bond acceptors (Lipinski definition) is 4. The van der Waals surface area contributed by atoms with Crippen LogP contribution in [0.2, 0.25) is 0 Å². The van der Waals surface area contributed by atoms with E-state index in [-0.39, 0.29) is 29.5 Å². The van der Waals surface area contributed by atoms with E-state index in [0.29, 0.717) is 0 Å². The number of halogens is 1. The van der Waals surface area contributed by atoms with Crippen LogP contribution in [0.3, 0.4) is 0 Å². The van der Waals surface area contributed by atoms with Crippen LogP contribution in [0, 0.1) is 0 Å². The molecule has 0 radical (unpaired) electrons. The third-order valence-corrected chi connectivity index (χ3v) is 6.03. The Labute approximate surface area is 155 Å². The summed E-state index contributed by atoms with van der Waals surface area (Å²) in [6.07, 6.45) is 5.27. The van der Waals surface area contributed by atoms with E-state index >= 15 is 0 Å². The molecule has 2 heterocycles. The number of guanidine groups is 1. The van der Waals surface area contributed by atoms with Crippen molar-refractivity contribution in [3.05, 3.63) is 0 Å². The molecule has 0 unspecified atom stereocenters. The Morgan fingerprint density at radius 3 is 2.36 bits per heavy atom. The number of nitrogens with zero attached hydrogens (tertiary/aromatic N) is 3. The van der Waals surface area contributed by atoms with E-state index in [1.165, 1.54) is 50.3 Å². The van der Waals surface area contributed by atoms with Gasteiger partial charge in [-0.05, 0) is 12.8 Å². The Hall–Kier alpha value is 0.270. The molecule has 0 atom stereocenters. The van der Waals surface area contributed by atoms with E-state index in [1.807, 2.05) is 0 Å². The molecule has 0 aromatic carbocycles. The first-order valence-corrected chi connectivity index (χ1v) is 9.41. The average Bonchev–Trinajstić information content (AvgIpc) is 3.04. The zero-order valence-corrected chi connectivity index (χ0v) is 16.5. The molecular weight excluding hydrogens is 411 g/mol. The monoisotopic (exact) mass is 440 g/mol. The third kappa shape index (κ3) is 4.42. The SMILES string of the molecule is I.NC(=NCC1(N2CCSCC2)CCCC1)N1CCOCC1. The van der Waals surface area contributed by atoms with E-state index in [9.17, 15) is 0 Å². The molecule has 128 valence electrons. The highest BCUT2D eigenvalue weighted by Crippen LogP contribution is 2.37. The molecule has 2 aliphatic heterocycles. The van der Waals surface area contributed by atoms with Crippen LogP contribution in [0.15, 0.2) is 4.99 Å². The van der Waals surface area contributed by atoms with Crippen molar-refractivity contribution >= 4 is 41.7 Å². The van der Waals surface area contributed by atoms with Crippen LogP contribution in [0.4, 0.5) is 0 Å². The molecule has 2 saturated heterocycles. The standard InChI is InChI=1S/C15H28N4OS.HI/c16-14(18-5-9-20-10-6-18)17-13-15(3-1-2-4-15)19-7-11-21-12-8-19;/h1-13H2,(H2,16,17);1H. The lowest BCUT2D eigenvalue weighted by atomic mass is 9.95. The predicted molar refractivity (Wildman–Crippen MR) is 104 cm³/mol. The highest BCUT2D eigenvalue weighted by atomic mass is 127. The smallest absolute Gasteiger partial charge is 0.191 e. The summed E-state index contributed by atoms with van der Waals surface area (Å²) in [4.78, 5) is 9.66. The maximum Gasteiger partial charge on any atom is 0.191 e. The van der Waals surface area contributed by atoms with Gasteiger partial charge in [0.05, 0.1) is 19.8 Å². The molecule has 3 rings (SSSR count). The van der Waals surface area contributed by atoms with Crippen LogP contribution in [0.25, 0.3) is 0 Å². The van der Waals surface area contributed by atoms with Crippen molar-refractivity contribution in [2.24, 2.45) is 10.7 Å². The molecule has 0 aromatic rings. The summed E-state index contributed by atoms with van der Waals surface area (Å²) in [5.74, 6) is 3.26. The van der Waals surface area contributed by atoms with Gasteiger partial charge in [-0.2, -0.15) is 11.8 Å². The molecule has 1 aliphatic carbocycles. The Morgan fingerprint density at radius 2 is 1.73 bits per heavy atom. The number of hydrogen-bond donors (Lipinski definition) is 1. The largest absolute Gasteiger partial charge is 0.378 e. The molecule has 5 nitrogen and oxygen atoms in total. The van der Waals surface area contributed by atoms with Crippen LogP contribution in [-0.2, 0) is 4.74 Å². The molecule has 2 N–H and O–H groups in total.